The first-order valence-corrected chi connectivity index (χ1v) is 9.69. The van der Waals surface area contributed by atoms with Crippen molar-refractivity contribution >= 4 is 29.9 Å². The second-order valence-electron chi connectivity index (χ2n) is 6.65. The number of guanidine groups is 1. The molecule has 2 N–H and O–H groups in total. The Bertz CT molecular complexity index is 861. The van der Waals surface area contributed by atoms with Crippen LogP contribution in [0.3, 0.4) is 0 Å². The smallest absolute Gasteiger partial charge is 0.387 e. The molecule has 2 aromatic rings. The number of benzene rings is 1. The van der Waals surface area contributed by atoms with Crippen LogP contribution in [0.15, 0.2) is 23.2 Å². The molecule has 0 fully saturated rings. The van der Waals surface area contributed by atoms with Crippen LogP contribution in [0.4, 0.5) is 13.2 Å². The second kappa shape index (κ2) is 11.4. The summed E-state index contributed by atoms with van der Waals surface area (Å²) in [6.45, 7) is 2.01. The number of ether oxygens (including phenoxy) is 1. The van der Waals surface area contributed by atoms with E-state index in [1.807, 2.05) is 18.5 Å². The molecule has 1 atom stereocenters. The predicted molar refractivity (Wildman–Crippen MR) is 118 cm³/mol. The largest absolute Gasteiger partial charge is 0.434 e. The molecule has 1 aromatic carbocycles. The Balaban J connectivity index is 0.00000320. The van der Waals surface area contributed by atoms with Crippen LogP contribution in [0, 0.1) is 5.82 Å². The van der Waals surface area contributed by atoms with Gasteiger partial charge in [0.05, 0.1) is 18.7 Å². The quantitative estimate of drug-likeness (QED) is 0.322. The minimum absolute atomic E-state index is 0. The first-order chi connectivity index (χ1) is 14.0. The third kappa shape index (κ3) is 6.22. The van der Waals surface area contributed by atoms with Gasteiger partial charge >= 0.3 is 6.61 Å². The van der Waals surface area contributed by atoms with Gasteiger partial charge < -0.3 is 15.4 Å². The number of hydrogen-bond acceptors (Lipinski definition) is 4. The van der Waals surface area contributed by atoms with Crippen molar-refractivity contribution < 1.29 is 17.9 Å². The first kappa shape index (κ1) is 24.2. The fraction of sp³-hybridized carbons (Fsp3) is 0.526. The lowest BCUT2D eigenvalue weighted by Crippen LogP contribution is -2.47. The van der Waals surface area contributed by atoms with E-state index in [4.69, 9.17) is 0 Å². The van der Waals surface area contributed by atoms with E-state index in [0.29, 0.717) is 19.0 Å². The van der Waals surface area contributed by atoms with Crippen molar-refractivity contribution in [3.8, 4) is 5.75 Å². The molecule has 0 spiro atoms. The number of aliphatic imine (C=N–C) groups is 1. The maximum Gasteiger partial charge on any atom is 0.387 e. The van der Waals surface area contributed by atoms with Crippen LogP contribution in [0.5, 0.6) is 5.75 Å². The Morgan fingerprint density at radius 3 is 2.87 bits per heavy atom. The van der Waals surface area contributed by atoms with Crippen LogP contribution in [-0.4, -0.2) is 39.9 Å². The van der Waals surface area contributed by atoms with Gasteiger partial charge in [0, 0.05) is 25.4 Å². The van der Waals surface area contributed by atoms with Gasteiger partial charge in [0.25, 0.3) is 0 Å². The molecule has 3 rings (SSSR count). The summed E-state index contributed by atoms with van der Waals surface area (Å²) in [6, 6.07) is 3.90. The Morgan fingerprint density at radius 1 is 1.37 bits per heavy atom. The van der Waals surface area contributed by atoms with Crippen LogP contribution in [-0.2, 0) is 25.9 Å². The third-order valence-electron chi connectivity index (χ3n) is 4.59. The molecule has 1 aliphatic heterocycles. The maximum atomic E-state index is 14.1. The van der Waals surface area contributed by atoms with Crippen LogP contribution in [0.1, 0.15) is 37.5 Å². The minimum Gasteiger partial charge on any atom is -0.434 e. The molecule has 0 amide bonds. The Hall–Kier alpha value is -2.05. The highest BCUT2D eigenvalue weighted by Gasteiger charge is 2.22. The van der Waals surface area contributed by atoms with Gasteiger partial charge in [0.2, 0.25) is 0 Å². The molecule has 11 heteroatoms. The predicted octanol–water partition coefficient (Wildman–Crippen LogP) is 3.27. The molecule has 166 valence electrons. The summed E-state index contributed by atoms with van der Waals surface area (Å²) in [5.74, 6) is 1.42. The number of fused-ring (bicyclic) bond motifs is 1. The van der Waals surface area contributed by atoms with Crippen molar-refractivity contribution in [3.63, 3.8) is 0 Å². The highest BCUT2D eigenvalue weighted by Crippen LogP contribution is 2.24. The van der Waals surface area contributed by atoms with E-state index in [1.165, 1.54) is 18.2 Å². The lowest BCUT2D eigenvalue weighted by Gasteiger charge is -2.25. The second-order valence-corrected chi connectivity index (χ2v) is 6.65. The van der Waals surface area contributed by atoms with Crippen LogP contribution in [0.25, 0.3) is 0 Å². The highest BCUT2D eigenvalue weighted by atomic mass is 127. The molecule has 0 radical (unpaired) electrons. The van der Waals surface area contributed by atoms with Gasteiger partial charge in [-0.3, -0.25) is 0 Å². The molecule has 1 unspecified atom stereocenters. The van der Waals surface area contributed by atoms with Crippen molar-refractivity contribution in [2.24, 2.45) is 4.99 Å². The number of rotatable bonds is 7. The van der Waals surface area contributed by atoms with E-state index in [-0.39, 0.29) is 47.9 Å². The minimum atomic E-state index is -3.03. The molecule has 2 heterocycles. The standard InChI is InChI=1S/C19H25F3N6O.HI/c1-3-16-26-17-9-8-12(11-28(17)27-16)25-19(23-4-2)24-10-13-14(20)6-5-7-15(13)29-18(21)22;/h5-7,12,18H,3-4,8-11H2,1-2H3,(H2,23,24,25);1H. The summed E-state index contributed by atoms with van der Waals surface area (Å²) in [7, 11) is 0. The Morgan fingerprint density at radius 2 is 2.17 bits per heavy atom. The maximum absolute atomic E-state index is 14.1. The van der Waals surface area contributed by atoms with Crippen LogP contribution in [0.2, 0.25) is 0 Å². The fourth-order valence-electron chi connectivity index (χ4n) is 3.20. The third-order valence-corrected chi connectivity index (χ3v) is 4.59. The van der Waals surface area contributed by atoms with E-state index in [9.17, 15) is 13.2 Å². The highest BCUT2D eigenvalue weighted by molar-refractivity contribution is 14.0. The normalized spacial score (nSPS) is 16.1. The van der Waals surface area contributed by atoms with E-state index in [2.05, 4.69) is 30.4 Å². The van der Waals surface area contributed by atoms with Gasteiger partial charge in [0.1, 0.15) is 17.4 Å². The summed E-state index contributed by atoms with van der Waals surface area (Å²) in [5.41, 5.74) is -0.0141. The SMILES string of the molecule is CCNC(=NCc1c(F)cccc1OC(F)F)NC1CCc2nc(CC)nn2C1.I. The molecule has 30 heavy (non-hydrogen) atoms. The molecular weight excluding hydrogens is 512 g/mol. The summed E-state index contributed by atoms with van der Waals surface area (Å²) in [6.07, 6.45) is 2.43. The molecular formula is C19H26F3IN6O. The van der Waals surface area contributed by atoms with Crippen molar-refractivity contribution in [1.29, 1.82) is 0 Å². The number of aryl methyl sites for hydroxylation is 2. The topological polar surface area (TPSA) is 76.4 Å². The lowest BCUT2D eigenvalue weighted by molar-refractivity contribution is -0.0506. The average Bonchev–Trinajstić information content (AvgIpc) is 3.09. The van der Waals surface area contributed by atoms with E-state index in [0.717, 1.165) is 30.9 Å². The fourth-order valence-corrected chi connectivity index (χ4v) is 3.20. The van der Waals surface area contributed by atoms with Gasteiger partial charge in [-0.15, -0.1) is 24.0 Å². The van der Waals surface area contributed by atoms with E-state index < -0.39 is 12.4 Å². The molecule has 0 saturated carbocycles. The van der Waals surface area contributed by atoms with Crippen LogP contribution >= 0.6 is 24.0 Å². The Kier molecular flexibility index (Phi) is 9.18. The zero-order chi connectivity index (χ0) is 20.8. The summed E-state index contributed by atoms with van der Waals surface area (Å²) in [4.78, 5) is 8.87. The molecule has 7 nitrogen and oxygen atoms in total. The zero-order valence-electron chi connectivity index (χ0n) is 16.9. The summed E-state index contributed by atoms with van der Waals surface area (Å²) >= 11 is 0. The zero-order valence-corrected chi connectivity index (χ0v) is 19.2. The van der Waals surface area contributed by atoms with Gasteiger partial charge in [0.15, 0.2) is 11.8 Å². The molecule has 1 aromatic heterocycles. The van der Waals surface area contributed by atoms with Crippen LogP contribution < -0.4 is 15.4 Å². The number of hydrogen-bond donors (Lipinski definition) is 2. The van der Waals surface area contributed by atoms with Crippen molar-refractivity contribution in [1.82, 2.24) is 25.4 Å². The monoisotopic (exact) mass is 538 g/mol. The number of nitrogens with one attached hydrogen (secondary N) is 2. The van der Waals surface area contributed by atoms with Crippen molar-refractivity contribution in [2.45, 2.75) is 58.9 Å². The Labute approximate surface area is 190 Å². The van der Waals surface area contributed by atoms with E-state index >= 15 is 0 Å². The van der Waals surface area contributed by atoms with Gasteiger partial charge in [-0.2, -0.15) is 13.9 Å². The first-order valence-electron chi connectivity index (χ1n) is 9.69. The molecule has 0 bridgehead atoms. The number of nitrogens with zero attached hydrogens (tertiary/aromatic N) is 4. The molecule has 1 aliphatic rings. The van der Waals surface area contributed by atoms with Gasteiger partial charge in [-0.1, -0.05) is 13.0 Å². The average molecular weight is 538 g/mol. The summed E-state index contributed by atoms with van der Waals surface area (Å²) in [5, 5.41) is 10.9. The number of alkyl halides is 2. The van der Waals surface area contributed by atoms with Gasteiger partial charge in [-0.25, -0.2) is 19.0 Å². The van der Waals surface area contributed by atoms with E-state index in [1.54, 1.807) is 0 Å². The summed E-state index contributed by atoms with van der Waals surface area (Å²) < 4.78 is 45.6. The van der Waals surface area contributed by atoms with Crippen molar-refractivity contribution in [2.75, 3.05) is 6.54 Å². The molecule has 0 aliphatic carbocycles. The number of aromatic nitrogens is 3. The number of halogens is 4. The lowest BCUT2D eigenvalue weighted by atomic mass is 10.1. The molecule has 0 saturated heterocycles. The van der Waals surface area contributed by atoms with Gasteiger partial charge in [-0.05, 0) is 25.5 Å². The van der Waals surface area contributed by atoms with Crippen molar-refractivity contribution in [3.05, 3.63) is 41.2 Å².